The first-order valence-electron chi connectivity index (χ1n) is 10.3. The molecule has 3 aromatic carbocycles. The molecule has 3 rings (SSSR count). The predicted octanol–water partition coefficient (Wildman–Crippen LogP) is 4.76. The van der Waals surface area contributed by atoms with Crippen LogP contribution in [-0.4, -0.2) is 30.3 Å². The lowest BCUT2D eigenvalue weighted by atomic mass is 10.2. The monoisotopic (exact) mass is 483 g/mol. The zero-order valence-corrected chi connectivity index (χ0v) is 19.0. The SMILES string of the molecule is CCOc1cc(/C=N\NC(=O)COc2ccc(Cl)cc2)ccc1OCc1ccc([N+](=O)[O-])cc1. The highest BCUT2D eigenvalue weighted by Crippen LogP contribution is 2.29. The van der Waals surface area contributed by atoms with E-state index in [0.717, 1.165) is 5.56 Å². The molecule has 10 heteroatoms. The number of halogens is 1. The molecule has 0 fully saturated rings. The van der Waals surface area contributed by atoms with Crippen LogP contribution in [0.5, 0.6) is 17.2 Å². The van der Waals surface area contributed by atoms with Crippen LogP contribution < -0.4 is 19.6 Å². The van der Waals surface area contributed by atoms with Gasteiger partial charge in [0.2, 0.25) is 0 Å². The number of hydrogen-bond donors (Lipinski definition) is 1. The van der Waals surface area contributed by atoms with Crippen LogP contribution in [0, 0.1) is 10.1 Å². The number of nitro groups is 1. The molecule has 0 bridgehead atoms. The molecule has 0 saturated carbocycles. The van der Waals surface area contributed by atoms with Crippen LogP contribution in [0.3, 0.4) is 0 Å². The second-order valence-electron chi connectivity index (χ2n) is 6.89. The lowest BCUT2D eigenvalue weighted by Gasteiger charge is -2.12. The molecular formula is C24H22ClN3O6. The number of carbonyl (C=O) groups excluding carboxylic acids is 1. The number of hydrogen-bond acceptors (Lipinski definition) is 7. The van der Waals surface area contributed by atoms with Crippen LogP contribution in [0.25, 0.3) is 0 Å². The molecule has 1 N–H and O–H groups in total. The molecule has 0 radical (unpaired) electrons. The van der Waals surface area contributed by atoms with Crippen LogP contribution in [0.2, 0.25) is 5.02 Å². The third-order valence-electron chi connectivity index (χ3n) is 4.40. The standard InChI is InChI=1S/C24H22ClN3O6/c1-2-32-23-13-18(14-26-27-24(29)16-33-21-10-6-19(25)7-11-21)5-12-22(23)34-15-17-3-8-20(9-4-17)28(30)31/h3-14H,2,15-16H2,1H3,(H,27,29)/b26-14-. The molecular weight excluding hydrogens is 462 g/mol. The molecule has 9 nitrogen and oxygen atoms in total. The van der Waals surface area contributed by atoms with Gasteiger partial charge in [0.25, 0.3) is 11.6 Å². The van der Waals surface area contributed by atoms with Gasteiger partial charge in [0, 0.05) is 17.2 Å². The van der Waals surface area contributed by atoms with Crippen LogP contribution >= 0.6 is 11.6 Å². The van der Waals surface area contributed by atoms with E-state index in [9.17, 15) is 14.9 Å². The van der Waals surface area contributed by atoms with E-state index < -0.39 is 10.8 Å². The van der Waals surface area contributed by atoms with Gasteiger partial charge in [-0.15, -0.1) is 0 Å². The van der Waals surface area contributed by atoms with Crippen LogP contribution in [0.15, 0.2) is 71.8 Å². The summed E-state index contributed by atoms with van der Waals surface area (Å²) in [7, 11) is 0. The highest BCUT2D eigenvalue weighted by Gasteiger charge is 2.09. The molecule has 176 valence electrons. The van der Waals surface area contributed by atoms with E-state index in [0.29, 0.717) is 34.4 Å². The fraction of sp³-hybridized carbons (Fsp3) is 0.167. The Hall–Kier alpha value is -4.11. The Morgan fingerprint density at radius 1 is 1.03 bits per heavy atom. The molecule has 0 aliphatic rings. The van der Waals surface area contributed by atoms with Crippen LogP contribution in [0.1, 0.15) is 18.1 Å². The Balaban J connectivity index is 1.54. The molecule has 0 saturated heterocycles. The number of ether oxygens (including phenoxy) is 3. The van der Waals surface area contributed by atoms with Crippen molar-refractivity contribution in [3.63, 3.8) is 0 Å². The summed E-state index contributed by atoms with van der Waals surface area (Å²) in [6.45, 7) is 2.29. The highest BCUT2D eigenvalue weighted by molar-refractivity contribution is 6.30. The molecule has 0 aliphatic heterocycles. The number of non-ortho nitro benzene ring substituents is 1. The van der Waals surface area contributed by atoms with Gasteiger partial charge in [0.05, 0.1) is 17.7 Å². The molecule has 1 amide bonds. The number of nitrogens with zero attached hydrogens (tertiary/aromatic N) is 2. The summed E-state index contributed by atoms with van der Waals surface area (Å²) in [5, 5.41) is 15.3. The molecule has 0 aromatic heterocycles. The van der Waals surface area contributed by atoms with Gasteiger partial charge in [-0.3, -0.25) is 14.9 Å². The van der Waals surface area contributed by atoms with Crippen molar-refractivity contribution in [2.75, 3.05) is 13.2 Å². The van der Waals surface area contributed by atoms with E-state index in [1.54, 1.807) is 54.6 Å². The van der Waals surface area contributed by atoms with Crippen molar-refractivity contribution in [1.29, 1.82) is 0 Å². The van der Waals surface area contributed by atoms with Gasteiger partial charge < -0.3 is 14.2 Å². The average molecular weight is 484 g/mol. The van der Waals surface area contributed by atoms with Crippen LogP contribution in [-0.2, 0) is 11.4 Å². The van der Waals surface area contributed by atoms with Crippen molar-refractivity contribution in [3.8, 4) is 17.2 Å². The van der Waals surface area contributed by atoms with Crippen molar-refractivity contribution < 1.29 is 23.9 Å². The largest absolute Gasteiger partial charge is 0.490 e. The molecule has 3 aromatic rings. The lowest BCUT2D eigenvalue weighted by Crippen LogP contribution is -2.24. The minimum absolute atomic E-state index is 0.0195. The predicted molar refractivity (Wildman–Crippen MR) is 128 cm³/mol. The van der Waals surface area contributed by atoms with Gasteiger partial charge >= 0.3 is 0 Å². The number of nitrogens with one attached hydrogen (secondary N) is 1. The Kier molecular flexibility index (Phi) is 8.81. The zero-order chi connectivity index (χ0) is 24.3. The maximum Gasteiger partial charge on any atom is 0.277 e. The molecule has 0 heterocycles. The first-order valence-corrected chi connectivity index (χ1v) is 10.7. The fourth-order valence-electron chi connectivity index (χ4n) is 2.76. The average Bonchev–Trinajstić information content (AvgIpc) is 2.83. The smallest absolute Gasteiger partial charge is 0.277 e. The third kappa shape index (κ3) is 7.49. The van der Waals surface area contributed by atoms with Crippen LogP contribution in [0.4, 0.5) is 5.69 Å². The van der Waals surface area contributed by atoms with E-state index >= 15 is 0 Å². The maximum absolute atomic E-state index is 11.9. The van der Waals surface area contributed by atoms with Gasteiger partial charge in [-0.05, 0) is 72.6 Å². The summed E-state index contributed by atoms with van der Waals surface area (Å²) in [5.41, 5.74) is 3.88. The molecule has 0 spiro atoms. The fourth-order valence-corrected chi connectivity index (χ4v) is 2.88. The summed E-state index contributed by atoms with van der Waals surface area (Å²) in [4.78, 5) is 22.2. The van der Waals surface area contributed by atoms with Gasteiger partial charge in [-0.25, -0.2) is 5.43 Å². The number of carbonyl (C=O) groups is 1. The minimum Gasteiger partial charge on any atom is -0.490 e. The van der Waals surface area contributed by atoms with Gasteiger partial charge in [-0.2, -0.15) is 5.10 Å². The van der Waals surface area contributed by atoms with E-state index in [1.807, 2.05) is 6.92 Å². The number of nitro benzene ring substituents is 1. The number of amides is 1. The summed E-state index contributed by atoms with van der Waals surface area (Å²) < 4.78 is 16.8. The minimum atomic E-state index is -0.451. The van der Waals surface area contributed by atoms with Crippen molar-refractivity contribution in [2.45, 2.75) is 13.5 Å². The molecule has 0 aliphatic carbocycles. The Labute approximate surface area is 201 Å². The zero-order valence-electron chi connectivity index (χ0n) is 18.3. The second kappa shape index (κ2) is 12.2. The first kappa shape index (κ1) is 24.5. The van der Waals surface area contributed by atoms with E-state index in [2.05, 4.69) is 10.5 Å². The van der Waals surface area contributed by atoms with E-state index in [-0.39, 0.29) is 18.9 Å². The summed E-state index contributed by atoms with van der Waals surface area (Å²) in [5.74, 6) is 1.12. The number of hydrazone groups is 1. The number of rotatable bonds is 11. The quantitative estimate of drug-likeness (QED) is 0.239. The van der Waals surface area contributed by atoms with Gasteiger partial charge in [0.1, 0.15) is 12.4 Å². The number of benzene rings is 3. The summed E-state index contributed by atoms with van der Waals surface area (Å²) in [6.07, 6.45) is 1.48. The van der Waals surface area contributed by atoms with Gasteiger partial charge in [-0.1, -0.05) is 11.6 Å². The van der Waals surface area contributed by atoms with Crippen molar-refractivity contribution >= 4 is 29.4 Å². The Morgan fingerprint density at radius 2 is 1.76 bits per heavy atom. The molecule has 0 unspecified atom stereocenters. The topological polar surface area (TPSA) is 112 Å². The normalized spacial score (nSPS) is 10.6. The molecule has 34 heavy (non-hydrogen) atoms. The van der Waals surface area contributed by atoms with Gasteiger partial charge in [0.15, 0.2) is 18.1 Å². The highest BCUT2D eigenvalue weighted by atomic mass is 35.5. The van der Waals surface area contributed by atoms with E-state index in [1.165, 1.54) is 18.3 Å². The maximum atomic E-state index is 11.9. The Morgan fingerprint density at radius 3 is 2.44 bits per heavy atom. The summed E-state index contributed by atoms with van der Waals surface area (Å²) in [6, 6.07) is 18.0. The van der Waals surface area contributed by atoms with Crippen molar-refractivity contribution in [3.05, 3.63) is 93.0 Å². The van der Waals surface area contributed by atoms with Crippen molar-refractivity contribution in [1.82, 2.24) is 5.43 Å². The lowest BCUT2D eigenvalue weighted by molar-refractivity contribution is -0.384. The second-order valence-corrected chi connectivity index (χ2v) is 7.32. The van der Waals surface area contributed by atoms with Crippen molar-refractivity contribution in [2.24, 2.45) is 5.10 Å². The Bertz CT molecular complexity index is 1150. The van der Waals surface area contributed by atoms with E-state index in [4.69, 9.17) is 25.8 Å². The summed E-state index contributed by atoms with van der Waals surface area (Å²) >= 11 is 5.81. The molecule has 0 atom stereocenters. The first-order chi connectivity index (χ1) is 16.4. The third-order valence-corrected chi connectivity index (χ3v) is 4.65.